The maximum Gasteiger partial charge on any atom is 0.159 e. The van der Waals surface area contributed by atoms with E-state index in [4.69, 9.17) is 18.9 Å². The molecule has 0 amide bonds. The molecule has 9 nitrogen and oxygen atoms in total. The van der Waals surface area contributed by atoms with Gasteiger partial charge in [-0.05, 0) is 63.3 Å². The molecule has 1 aromatic carbocycles. The molecule has 0 N–H and O–H groups in total. The van der Waals surface area contributed by atoms with Crippen LogP contribution >= 0.6 is 0 Å². The smallest absolute Gasteiger partial charge is 0.159 e. The van der Waals surface area contributed by atoms with Crippen molar-refractivity contribution < 1.29 is 33.3 Å². The Morgan fingerprint density at radius 1 is 0.789 bits per heavy atom. The van der Waals surface area contributed by atoms with Crippen LogP contribution in [0, 0.1) is 0 Å². The van der Waals surface area contributed by atoms with Crippen LogP contribution in [0.3, 0.4) is 0 Å². The molecule has 1 heterocycles. The largest absolute Gasteiger partial charge is 0.494 e. The summed E-state index contributed by atoms with van der Waals surface area (Å²) in [5.41, 5.74) is 1.98. The van der Waals surface area contributed by atoms with Gasteiger partial charge in [-0.15, -0.1) is 0 Å². The molecule has 0 spiro atoms. The Hall–Kier alpha value is -2.88. The number of rotatable bonds is 22. The van der Waals surface area contributed by atoms with Crippen LogP contribution in [0.4, 0.5) is 0 Å². The van der Waals surface area contributed by atoms with Gasteiger partial charge in [0.05, 0.1) is 52.4 Å². The molecule has 0 fully saturated rings. The topological polar surface area (TPSA) is 106 Å². The van der Waals surface area contributed by atoms with Crippen molar-refractivity contribution in [1.82, 2.24) is 9.78 Å². The molecule has 2 aromatic rings. The van der Waals surface area contributed by atoms with Gasteiger partial charge in [0.2, 0.25) is 0 Å². The van der Waals surface area contributed by atoms with E-state index in [9.17, 15) is 14.4 Å². The van der Waals surface area contributed by atoms with Gasteiger partial charge in [0, 0.05) is 36.8 Å². The second-order valence-corrected chi connectivity index (χ2v) is 9.15. The lowest BCUT2D eigenvalue weighted by atomic mass is 10.0. The van der Waals surface area contributed by atoms with Crippen molar-refractivity contribution >= 4 is 17.3 Å². The van der Waals surface area contributed by atoms with E-state index in [0.29, 0.717) is 82.3 Å². The van der Waals surface area contributed by atoms with Crippen LogP contribution in [0.25, 0.3) is 0 Å². The minimum atomic E-state index is -0.128. The Morgan fingerprint density at radius 3 is 2.03 bits per heavy atom. The minimum absolute atomic E-state index is 0.128. The SMILES string of the molecule is CCCOCCOCCOCCn1cc(CCCC(=O)CCCOc2cc(C(C)=O)cc(C(C)=O)c2)cn1. The third kappa shape index (κ3) is 13.1. The molecule has 2 rings (SSSR count). The summed E-state index contributed by atoms with van der Waals surface area (Å²) in [6, 6.07) is 4.83. The predicted octanol–water partition coefficient (Wildman–Crippen LogP) is 4.50. The van der Waals surface area contributed by atoms with Crippen molar-refractivity contribution in [1.29, 1.82) is 0 Å². The number of hydrogen-bond donors (Lipinski definition) is 0. The molecule has 0 saturated carbocycles. The quantitative estimate of drug-likeness (QED) is 0.162. The molecule has 38 heavy (non-hydrogen) atoms. The van der Waals surface area contributed by atoms with E-state index in [1.54, 1.807) is 18.2 Å². The highest BCUT2D eigenvalue weighted by atomic mass is 16.5. The summed E-state index contributed by atoms with van der Waals surface area (Å²) in [6.07, 6.45) is 7.92. The number of ketones is 3. The molecule has 0 saturated heterocycles. The number of hydrogen-bond acceptors (Lipinski definition) is 8. The molecule has 210 valence electrons. The summed E-state index contributed by atoms with van der Waals surface area (Å²) < 4.78 is 23.9. The van der Waals surface area contributed by atoms with E-state index in [1.165, 1.54) is 13.8 Å². The lowest BCUT2D eigenvalue weighted by molar-refractivity contribution is -0.119. The first-order chi connectivity index (χ1) is 18.4. The summed E-state index contributed by atoms with van der Waals surface area (Å²) in [4.78, 5) is 35.6. The number of ether oxygens (including phenoxy) is 4. The van der Waals surface area contributed by atoms with E-state index < -0.39 is 0 Å². The zero-order valence-corrected chi connectivity index (χ0v) is 23.0. The molecular weight excluding hydrogens is 488 g/mol. The summed E-state index contributed by atoms with van der Waals surface area (Å²) in [5, 5.41) is 4.36. The van der Waals surface area contributed by atoms with Crippen LogP contribution in [0.2, 0.25) is 0 Å². The number of benzene rings is 1. The van der Waals surface area contributed by atoms with Crippen LogP contribution in [0.5, 0.6) is 5.75 Å². The second-order valence-electron chi connectivity index (χ2n) is 9.15. The second kappa shape index (κ2) is 18.4. The van der Waals surface area contributed by atoms with E-state index in [0.717, 1.165) is 31.4 Å². The van der Waals surface area contributed by atoms with Crippen LogP contribution < -0.4 is 4.74 Å². The highest BCUT2D eigenvalue weighted by Crippen LogP contribution is 2.19. The fraction of sp³-hybridized carbons (Fsp3) is 0.586. The van der Waals surface area contributed by atoms with Gasteiger partial charge in [-0.25, -0.2) is 0 Å². The first kappa shape index (κ1) is 31.3. The molecule has 9 heteroatoms. The molecule has 0 aliphatic heterocycles. The number of nitrogens with zero attached hydrogens (tertiary/aromatic N) is 2. The maximum absolute atomic E-state index is 12.3. The average Bonchev–Trinajstić information content (AvgIpc) is 3.35. The average molecular weight is 531 g/mol. The summed E-state index contributed by atoms with van der Waals surface area (Å²) in [7, 11) is 0. The van der Waals surface area contributed by atoms with Crippen molar-refractivity contribution in [3.8, 4) is 5.75 Å². The fourth-order valence-corrected chi connectivity index (χ4v) is 3.67. The van der Waals surface area contributed by atoms with Crippen molar-refractivity contribution in [2.45, 2.75) is 65.8 Å². The van der Waals surface area contributed by atoms with Gasteiger partial charge in [0.15, 0.2) is 11.6 Å². The van der Waals surface area contributed by atoms with E-state index in [1.807, 2.05) is 17.1 Å². The number of aryl methyl sites for hydroxylation is 1. The van der Waals surface area contributed by atoms with Crippen LogP contribution in [-0.2, 0) is 32.0 Å². The van der Waals surface area contributed by atoms with Gasteiger partial charge in [-0.2, -0.15) is 5.10 Å². The predicted molar refractivity (Wildman–Crippen MR) is 144 cm³/mol. The molecule has 1 aromatic heterocycles. The Labute approximate surface area is 225 Å². The molecule has 0 atom stereocenters. The van der Waals surface area contributed by atoms with Crippen molar-refractivity contribution in [2.75, 3.05) is 46.2 Å². The number of Topliss-reactive ketones (excluding diaryl/α,β-unsaturated/α-hetero) is 3. The Balaban J connectivity index is 1.54. The minimum Gasteiger partial charge on any atom is -0.494 e. The summed E-state index contributed by atoms with van der Waals surface area (Å²) in [5.74, 6) is 0.406. The summed E-state index contributed by atoms with van der Waals surface area (Å²) >= 11 is 0. The Kier molecular flexibility index (Phi) is 15.2. The van der Waals surface area contributed by atoms with Crippen molar-refractivity contribution in [2.24, 2.45) is 0 Å². The van der Waals surface area contributed by atoms with E-state index in [-0.39, 0.29) is 17.3 Å². The molecule has 0 aliphatic carbocycles. The maximum atomic E-state index is 12.3. The highest BCUT2D eigenvalue weighted by Gasteiger charge is 2.09. The number of aromatic nitrogens is 2. The monoisotopic (exact) mass is 530 g/mol. The number of carbonyl (C=O) groups excluding carboxylic acids is 3. The van der Waals surface area contributed by atoms with Crippen molar-refractivity contribution in [3.05, 3.63) is 47.3 Å². The molecule has 0 radical (unpaired) electrons. The first-order valence-corrected chi connectivity index (χ1v) is 13.4. The first-order valence-electron chi connectivity index (χ1n) is 13.4. The lowest BCUT2D eigenvalue weighted by Gasteiger charge is -2.09. The van der Waals surface area contributed by atoms with Gasteiger partial charge in [-0.3, -0.25) is 19.1 Å². The molecule has 0 aliphatic rings. The van der Waals surface area contributed by atoms with E-state index >= 15 is 0 Å². The standard InChI is InChI=1S/C29H42N2O7/c1-4-11-35-14-16-37-17-15-36-13-10-31-22-25(21-30-31)7-5-8-28(34)9-6-12-38-29-19-26(23(2)32)18-27(20-29)24(3)33/h18-22H,4-17H2,1-3H3. The Morgan fingerprint density at radius 2 is 1.39 bits per heavy atom. The molecular formula is C29H42N2O7. The van der Waals surface area contributed by atoms with Crippen LogP contribution in [-0.4, -0.2) is 73.4 Å². The zero-order chi connectivity index (χ0) is 27.6. The van der Waals surface area contributed by atoms with Gasteiger partial charge in [-0.1, -0.05) is 6.92 Å². The van der Waals surface area contributed by atoms with Gasteiger partial charge >= 0.3 is 0 Å². The van der Waals surface area contributed by atoms with Gasteiger partial charge < -0.3 is 18.9 Å². The van der Waals surface area contributed by atoms with Crippen LogP contribution in [0.1, 0.15) is 79.2 Å². The van der Waals surface area contributed by atoms with E-state index in [2.05, 4.69) is 12.0 Å². The normalized spacial score (nSPS) is 11.0. The number of carbonyl (C=O) groups is 3. The lowest BCUT2D eigenvalue weighted by Crippen LogP contribution is -2.12. The third-order valence-corrected chi connectivity index (χ3v) is 5.75. The van der Waals surface area contributed by atoms with Crippen molar-refractivity contribution in [3.63, 3.8) is 0 Å². The van der Waals surface area contributed by atoms with Gasteiger partial charge in [0.1, 0.15) is 11.5 Å². The Bertz CT molecular complexity index is 970. The molecule has 0 unspecified atom stereocenters. The summed E-state index contributed by atoms with van der Waals surface area (Å²) in [6.45, 7) is 9.61. The molecule has 0 bridgehead atoms. The highest BCUT2D eigenvalue weighted by molar-refractivity contribution is 6.00. The fourth-order valence-electron chi connectivity index (χ4n) is 3.67. The third-order valence-electron chi connectivity index (χ3n) is 5.75. The van der Waals surface area contributed by atoms with Crippen LogP contribution in [0.15, 0.2) is 30.6 Å². The van der Waals surface area contributed by atoms with Gasteiger partial charge in [0.25, 0.3) is 0 Å². The zero-order valence-electron chi connectivity index (χ0n) is 23.0.